The zero-order valence-electron chi connectivity index (χ0n) is 20.5. The van der Waals surface area contributed by atoms with Gasteiger partial charge in [0.25, 0.3) is 0 Å². The number of nitrogens with zero attached hydrogens (tertiary/aromatic N) is 3. The average molecular weight is 506 g/mol. The number of unbranched alkanes of at least 4 members (excludes halogenated alkanes) is 1. The van der Waals surface area contributed by atoms with Gasteiger partial charge in [0.05, 0.1) is 12.7 Å². The van der Waals surface area contributed by atoms with Crippen molar-refractivity contribution in [1.82, 2.24) is 9.80 Å². The first-order valence-electron chi connectivity index (χ1n) is 12.3. The van der Waals surface area contributed by atoms with E-state index in [0.29, 0.717) is 25.2 Å². The molecule has 0 spiro atoms. The Labute approximate surface area is 214 Å². The molecule has 3 atom stereocenters. The molecule has 0 bridgehead atoms. The quantitative estimate of drug-likeness (QED) is 0.392. The predicted molar refractivity (Wildman–Crippen MR) is 141 cm³/mol. The molecule has 2 saturated heterocycles. The molecular weight excluding hydrogens is 466 g/mol. The molecule has 1 aromatic rings. The molecule has 3 unspecified atom stereocenters. The average Bonchev–Trinajstić information content (AvgIpc) is 3.11. The molecule has 3 rings (SSSR count). The van der Waals surface area contributed by atoms with Crippen LogP contribution in [0.3, 0.4) is 0 Å². The summed E-state index contributed by atoms with van der Waals surface area (Å²) < 4.78 is 5.08. The van der Waals surface area contributed by atoms with Crippen molar-refractivity contribution in [3.05, 3.63) is 24.3 Å². The normalized spacial score (nSPS) is 20.6. The molecule has 0 aromatic heterocycles. The van der Waals surface area contributed by atoms with Gasteiger partial charge >= 0.3 is 5.97 Å². The minimum absolute atomic E-state index is 0. The molecule has 2 aliphatic heterocycles. The van der Waals surface area contributed by atoms with E-state index >= 15 is 0 Å². The van der Waals surface area contributed by atoms with Gasteiger partial charge in [-0.25, -0.2) is 0 Å². The molecule has 9 nitrogen and oxygen atoms in total. The number of esters is 1. The Hall–Kier alpha value is -2.77. The fraction of sp³-hybridized carbons (Fsp3) is 0.600. The number of rotatable bonds is 13. The molecule has 2 fully saturated rings. The second kappa shape index (κ2) is 13.4. The van der Waals surface area contributed by atoms with E-state index in [0.717, 1.165) is 38.2 Å². The van der Waals surface area contributed by atoms with E-state index in [4.69, 9.17) is 4.74 Å². The smallest absolute Gasteiger partial charge is 0.326 e. The summed E-state index contributed by atoms with van der Waals surface area (Å²) in [5, 5.41) is 14.9. The Kier molecular flexibility index (Phi) is 10.2. The number of thioether (sulfide) groups is 1. The third-order valence-electron chi connectivity index (χ3n) is 6.13. The first-order valence-corrected chi connectivity index (χ1v) is 13.3. The minimum Gasteiger partial charge on any atom is -0.465 e. The number of benzene rings is 1. The highest BCUT2D eigenvalue weighted by Gasteiger charge is 2.46. The van der Waals surface area contributed by atoms with Crippen molar-refractivity contribution < 1.29 is 22.0 Å². The van der Waals surface area contributed by atoms with Crippen LogP contribution in [0.5, 0.6) is 0 Å². The first-order chi connectivity index (χ1) is 17.0. The van der Waals surface area contributed by atoms with Gasteiger partial charge in [-0.2, -0.15) is 5.26 Å². The van der Waals surface area contributed by atoms with Crippen LogP contribution in [0, 0.1) is 17.2 Å². The lowest BCUT2D eigenvalue weighted by Crippen LogP contribution is -2.42. The number of nitrogens with one attached hydrogen (secondary N) is 2. The van der Waals surface area contributed by atoms with Crippen molar-refractivity contribution in [2.45, 2.75) is 50.2 Å². The molecule has 1 aromatic carbocycles. The van der Waals surface area contributed by atoms with E-state index in [1.165, 1.54) is 18.2 Å². The zero-order chi connectivity index (χ0) is 25.2. The monoisotopic (exact) mass is 505 g/mol. The van der Waals surface area contributed by atoms with Crippen molar-refractivity contribution >= 4 is 40.9 Å². The Bertz CT molecular complexity index is 944. The minimum atomic E-state index is -1.03. The molecule has 0 aliphatic carbocycles. The van der Waals surface area contributed by atoms with E-state index in [-0.39, 0.29) is 21.3 Å². The van der Waals surface area contributed by atoms with E-state index < -0.39 is 22.5 Å². The largest absolute Gasteiger partial charge is 0.465 e. The van der Waals surface area contributed by atoms with Crippen molar-refractivity contribution in [2.75, 3.05) is 50.0 Å². The molecule has 2 N–H and O–H groups in total. The number of amides is 2. The van der Waals surface area contributed by atoms with Crippen LogP contribution in [-0.2, 0) is 19.1 Å². The summed E-state index contributed by atoms with van der Waals surface area (Å²) in [4.78, 5) is 41.7. The molecule has 194 valence electrons. The summed E-state index contributed by atoms with van der Waals surface area (Å²) in [5.74, 6) is -1.72. The first kappa shape index (κ1) is 26.8. The van der Waals surface area contributed by atoms with Crippen molar-refractivity contribution in [2.24, 2.45) is 5.92 Å². The van der Waals surface area contributed by atoms with E-state index in [2.05, 4.69) is 15.5 Å². The van der Waals surface area contributed by atoms with Gasteiger partial charge in [-0.1, -0.05) is 19.4 Å². The van der Waals surface area contributed by atoms with Gasteiger partial charge in [0.15, 0.2) is 5.92 Å². The number of ether oxygens (including phenoxy) is 1. The number of carbonyl (C=O) groups excluding carboxylic acids is 3. The van der Waals surface area contributed by atoms with Crippen molar-refractivity contribution in [3.63, 3.8) is 0 Å². The second-order valence-corrected chi connectivity index (χ2v) is 10.0. The number of carbonyl (C=O) groups is 3. The van der Waals surface area contributed by atoms with Gasteiger partial charge in [0.1, 0.15) is 10.6 Å². The van der Waals surface area contributed by atoms with Crippen LogP contribution < -0.4 is 10.6 Å². The van der Waals surface area contributed by atoms with Crippen LogP contribution in [0.1, 0.15) is 42.4 Å². The standard InChI is InChI=1S/C25H35N5O4S.2H2/c1-3-5-13-30-23(32)21(35-24(30)20(16-26)25(33)34-4-2)17-27-18-8-6-9-19(15-18)28-22(31)10-14-29-11-7-12-29;;/h6,8-9,15,20-21,24,27H,3-5,7,10-14,17H2,1-2H3,(H,28,31);2*1H. The lowest BCUT2D eigenvalue weighted by atomic mass is 10.1. The molecule has 0 radical (unpaired) electrons. The second-order valence-electron chi connectivity index (χ2n) is 8.71. The van der Waals surface area contributed by atoms with Crippen LogP contribution in [0.15, 0.2) is 24.3 Å². The summed E-state index contributed by atoms with van der Waals surface area (Å²) >= 11 is 1.33. The van der Waals surface area contributed by atoms with E-state index in [1.807, 2.05) is 37.3 Å². The van der Waals surface area contributed by atoms with Crippen LogP contribution in [-0.4, -0.2) is 77.5 Å². The van der Waals surface area contributed by atoms with Gasteiger partial charge in [-0.05, 0) is 51.1 Å². The Balaban J connectivity index is 0.00000342. The molecule has 2 amide bonds. The van der Waals surface area contributed by atoms with Gasteiger partial charge in [-0.3, -0.25) is 14.4 Å². The number of anilines is 2. The summed E-state index contributed by atoms with van der Waals surface area (Å²) in [5.41, 5.74) is 1.48. The Morgan fingerprint density at radius 2 is 2.06 bits per heavy atom. The highest BCUT2D eigenvalue weighted by molar-refractivity contribution is 8.01. The highest BCUT2D eigenvalue weighted by Crippen LogP contribution is 2.37. The summed E-state index contributed by atoms with van der Waals surface area (Å²) in [6, 6.07) is 9.45. The molecule has 2 aliphatic rings. The number of likely N-dealkylation sites (tertiary alicyclic amines) is 1. The Morgan fingerprint density at radius 3 is 2.71 bits per heavy atom. The molecule has 0 saturated carbocycles. The van der Waals surface area contributed by atoms with Crippen molar-refractivity contribution in [3.8, 4) is 6.07 Å². The maximum atomic E-state index is 13.2. The molecule has 2 heterocycles. The number of hydrogen-bond donors (Lipinski definition) is 2. The van der Waals surface area contributed by atoms with E-state index in [1.54, 1.807) is 11.8 Å². The topological polar surface area (TPSA) is 115 Å². The molecular formula is C25H39N5O4S. The van der Waals surface area contributed by atoms with Crippen LogP contribution in [0.2, 0.25) is 0 Å². The summed E-state index contributed by atoms with van der Waals surface area (Å²) in [6.45, 7) is 7.67. The fourth-order valence-corrected chi connectivity index (χ4v) is 5.49. The summed E-state index contributed by atoms with van der Waals surface area (Å²) in [6.07, 6.45) is 3.36. The van der Waals surface area contributed by atoms with Gasteiger partial charge < -0.3 is 25.2 Å². The fourth-order valence-electron chi connectivity index (χ4n) is 4.04. The van der Waals surface area contributed by atoms with E-state index in [9.17, 15) is 19.6 Å². The van der Waals surface area contributed by atoms with Crippen LogP contribution in [0.4, 0.5) is 11.4 Å². The van der Waals surface area contributed by atoms with Gasteiger partial charge in [0, 0.05) is 40.3 Å². The van der Waals surface area contributed by atoms with Crippen LogP contribution in [0.25, 0.3) is 0 Å². The lowest BCUT2D eigenvalue weighted by Gasteiger charge is -2.30. The van der Waals surface area contributed by atoms with Gasteiger partial charge in [-0.15, -0.1) is 11.8 Å². The van der Waals surface area contributed by atoms with Crippen LogP contribution >= 0.6 is 11.8 Å². The molecule has 35 heavy (non-hydrogen) atoms. The number of nitriles is 1. The maximum absolute atomic E-state index is 13.2. The third-order valence-corrected chi connectivity index (χ3v) is 7.63. The zero-order valence-corrected chi connectivity index (χ0v) is 21.3. The van der Waals surface area contributed by atoms with Gasteiger partial charge in [0.2, 0.25) is 11.8 Å². The lowest BCUT2D eigenvalue weighted by molar-refractivity contribution is -0.147. The summed E-state index contributed by atoms with van der Waals surface area (Å²) in [7, 11) is 0. The Morgan fingerprint density at radius 1 is 1.29 bits per heavy atom. The highest BCUT2D eigenvalue weighted by atomic mass is 32.2. The SMILES string of the molecule is CCCCN1C(=O)C(CNc2cccc(NC(=O)CCN3CCC3)c2)SC1C(C#N)C(=O)OCC.[HH].[HH]. The van der Waals surface area contributed by atoms with Crippen molar-refractivity contribution in [1.29, 1.82) is 5.26 Å². The third kappa shape index (κ3) is 7.36. The number of hydrogen-bond acceptors (Lipinski definition) is 8. The predicted octanol–water partition coefficient (Wildman–Crippen LogP) is 3.40. The molecule has 10 heteroatoms. The maximum Gasteiger partial charge on any atom is 0.326 e.